The van der Waals surface area contributed by atoms with E-state index < -0.39 is 29.9 Å². The summed E-state index contributed by atoms with van der Waals surface area (Å²) in [6.45, 7) is 3.18. The average Bonchev–Trinajstić information content (AvgIpc) is 2.75. The van der Waals surface area contributed by atoms with Crippen LogP contribution in [0.15, 0.2) is 12.1 Å². The Bertz CT molecular complexity index is 681. The molecule has 2 N–H and O–H groups in total. The minimum absolute atomic E-state index is 0.162. The van der Waals surface area contributed by atoms with Crippen LogP contribution in [-0.4, -0.2) is 34.8 Å². The van der Waals surface area contributed by atoms with Crippen LogP contribution in [0.1, 0.15) is 26.7 Å². The van der Waals surface area contributed by atoms with Gasteiger partial charge in [0.1, 0.15) is 12.1 Å². The Morgan fingerprint density at radius 2 is 1.71 bits per heavy atom. The predicted molar refractivity (Wildman–Crippen MR) is 93.7 cm³/mol. The minimum Gasteiger partial charge on any atom is -0.323 e. The number of urea groups is 1. The molecule has 0 bridgehead atoms. The van der Waals surface area contributed by atoms with E-state index >= 15 is 0 Å². The monoisotopic (exact) mass is 391 g/mol. The second kappa shape index (κ2) is 7.17. The lowest BCUT2D eigenvalue weighted by Crippen LogP contribution is -2.46. The van der Waals surface area contributed by atoms with E-state index in [0.717, 1.165) is 4.90 Å². The summed E-state index contributed by atoms with van der Waals surface area (Å²) in [5, 5.41) is 5.81. The topological polar surface area (TPSA) is 78.5 Å². The first-order valence-corrected chi connectivity index (χ1v) is 8.46. The lowest BCUT2D eigenvalue weighted by atomic mass is 9.93. The highest BCUT2D eigenvalue weighted by Crippen LogP contribution is 2.33. The van der Waals surface area contributed by atoms with E-state index in [-0.39, 0.29) is 15.7 Å². The van der Waals surface area contributed by atoms with E-state index in [4.69, 9.17) is 34.8 Å². The van der Waals surface area contributed by atoms with Crippen molar-refractivity contribution in [3.63, 3.8) is 0 Å². The zero-order valence-corrected chi connectivity index (χ0v) is 15.3. The van der Waals surface area contributed by atoms with Gasteiger partial charge in [0.05, 0.1) is 15.7 Å². The Hall–Kier alpha value is -1.50. The van der Waals surface area contributed by atoms with Crippen LogP contribution in [0.2, 0.25) is 15.1 Å². The SMILES string of the molecule is CCC1(CC)NC(=O)N(CC(=O)Nc2c(Cl)cc(Cl)cc2Cl)C1=O. The number of amides is 4. The van der Waals surface area contributed by atoms with Crippen molar-refractivity contribution in [1.82, 2.24) is 10.2 Å². The van der Waals surface area contributed by atoms with E-state index in [0.29, 0.717) is 17.9 Å². The van der Waals surface area contributed by atoms with E-state index in [1.165, 1.54) is 12.1 Å². The number of anilines is 1. The highest BCUT2D eigenvalue weighted by molar-refractivity contribution is 6.42. The van der Waals surface area contributed by atoms with Crippen LogP contribution in [0.3, 0.4) is 0 Å². The zero-order chi connectivity index (χ0) is 18.1. The van der Waals surface area contributed by atoms with Crippen LogP contribution in [-0.2, 0) is 9.59 Å². The molecule has 2 rings (SSSR count). The maximum absolute atomic E-state index is 12.5. The quantitative estimate of drug-likeness (QED) is 0.750. The molecule has 0 aromatic heterocycles. The summed E-state index contributed by atoms with van der Waals surface area (Å²) < 4.78 is 0. The molecule has 1 saturated heterocycles. The van der Waals surface area contributed by atoms with Crippen LogP contribution < -0.4 is 10.6 Å². The molecule has 1 aliphatic heterocycles. The molecule has 1 fully saturated rings. The zero-order valence-electron chi connectivity index (χ0n) is 13.1. The van der Waals surface area contributed by atoms with Crippen molar-refractivity contribution in [3.05, 3.63) is 27.2 Å². The Morgan fingerprint density at radius 3 is 2.17 bits per heavy atom. The fourth-order valence-corrected chi connectivity index (χ4v) is 3.44. The number of carbonyl (C=O) groups is 3. The predicted octanol–water partition coefficient (Wildman–Crippen LogP) is 3.70. The lowest BCUT2D eigenvalue weighted by Gasteiger charge is -2.23. The molecule has 1 aromatic carbocycles. The molecule has 0 saturated carbocycles. The second-order valence-electron chi connectivity index (χ2n) is 5.40. The summed E-state index contributed by atoms with van der Waals surface area (Å²) in [4.78, 5) is 37.6. The number of imide groups is 1. The first-order chi connectivity index (χ1) is 11.2. The van der Waals surface area contributed by atoms with Crippen molar-refractivity contribution >= 4 is 58.3 Å². The molecule has 4 amide bonds. The maximum atomic E-state index is 12.5. The minimum atomic E-state index is -0.951. The Kier molecular flexibility index (Phi) is 5.63. The van der Waals surface area contributed by atoms with Crippen LogP contribution in [0.5, 0.6) is 0 Å². The fraction of sp³-hybridized carbons (Fsp3) is 0.400. The second-order valence-corrected chi connectivity index (χ2v) is 6.65. The number of hydrogen-bond donors (Lipinski definition) is 2. The summed E-state index contributed by atoms with van der Waals surface area (Å²) >= 11 is 17.8. The summed E-state index contributed by atoms with van der Waals surface area (Å²) in [7, 11) is 0. The Labute approximate surface area is 154 Å². The van der Waals surface area contributed by atoms with Crippen LogP contribution in [0.4, 0.5) is 10.5 Å². The van der Waals surface area contributed by atoms with E-state index in [2.05, 4.69) is 10.6 Å². The molecule has 6 nitrogen and oxygen atoms in total. The molecule has 0 radical (unpaired) electrons. The third kappa shape index (κ3) is 3.45. The van der Waals surface area contributed by atoms with Crippen molar-refractivity contribution in [2.75, 3.05) is 11.9 Å². The highest BCUT2D eigenvalue weighted by atomic mass is 35.5. The standard InChI is InChI=1S/C15H16Cl3N3O3/c1-3-15(4-2)13(23)21(14(24)20-15)7-11(22)19-12-9(17)5-8(16)6-10(12)18/h5-6H,3-4,7H2,1-2H3,(H,19,22)(H,20,24). The van der Waals surface area contributed by atoms with Gasteiger partial charge in [0, 0.05) is 5.02 Å². The summed E-state index contributed by atoms with van der Waals surface area (Å²) in [6, 6.07) is 2.27. The van der Waals surface area contributed by atoms with Gasteiger partial charge in [0.25, 0.3) is 5.91 Å². The van der Waals surface area contributed by atoms with Gasteiger partial charge in [0.2, 0.25) is 5.91 Å². The van der Waals surface area contributed by atoms with Crippen molar-refractivity contribution in [2.24, 2.45) is 0 Å². The van der Waals surface area contributed by atoms with Crippen LogP contribution in [0, 0.1) is 0 Å². The van der Waals surface area contributed by atoms with Gasteiger partial charge in [-0.3, -0.25) is 14.5 Å². The third-order valence-corrected chi connectivity index (χ3v) is 4.84. The molecule has 1 aliphatic rings. The largest absolute Gasteiger partial charge is 0.325 e. The van der Waals surface area contributed by atoms with Crippen molar-refractivity contribution in [3.8, 4) is 0 Å². The van der Waals surface area contributed by atoms with E-state index in [1.807, 2.05) is 0 Å². The normalized spacial score (nSPS) is 16.3. The number of rotatable bonds is 5. The number of benzene rings is 1. The average molecular weight is 393 g/mol. The number of halogens is 3. The molecule has 9 heteroatoms. The molecule has 0 spiro atoms. The molecule has 0 unspecified atom stereocenters. The molecule has 0 aliphatic carbocycles. The maximum Gasteiger partial charge on any atom is 0.325 e. The number of nitrogens with zero attached hydrogens (tertiary/aromatic N) is 1. The molecule has 1 heterocycles. The summed E-state index contributed by atoms with van der Waals surface area (Å²) in [5.74, 6) is -1.01. The molecular formula is C15H16Cl3N3O3. The lowest BCUT2D eigenvalue weighted by molar-refractivity contribution is -0.134. The van der Waals surface area contributed by atoms with Gasteiger partial charge >= 0.3 is 6.03 Å². The summed E-state index contributed by atoms with van der Waals surface area (Å²) in [5.41, 5.74) is -0.774. The fourth-order valence-electron chi connectivity index (χ4n) is 2.53. The van der Waals surface area contributed by atoms with Crippen molar-refractivity contribution < 1.29 is 14.4 Å². The first kappa shape index (κ1) is 18.8. The third-order valence-electron chi connectivity index (χ3n) is 4.03. The van der Waals surface area contributed by atoms with Gasteiger partial charge in [-0.1, -0.05) is 48.7 Å². The van der Waals surface area contributed by atoms with Gasteiger partial charge in [-0.25, -0.2) is 4.79 Å². The molecule has 24 heavy (non-hydrogen) atoms. The van der Waals surface area contributed by atoms with E-state index in [9.17, 15) is 14.4 Å². The smallest absolute Gasteiger partial charge is 0.323 e. The van der Waals surface area contributed by atoms with Gasteiger partial charge in [-0.2, -0.15) is 0 Å². The van der Waals surface area contributed by atoms with Gasteiger partial charge in [-0.15, -0.1) is 0 Å². The molecule has 0 atom stereocenters. The number of carbonyl (C=O) groups excluding carboxylic acids is 3. The molecule has 130 valence electrons. The Morgan fingerprint density at radius 1 is 1.17 bits per heavy atom. The highest BCUT2D eigenvalue weighted by Gasteiger charge is 2.49. The van der Waals surface area contributed by atoms with Crippen molar-refractivity contribution in [2.45, 2.75) is 32.2 Å². The van der Waals surface area contributed by atoms with Gasteiger partial charge in [0.15, 0.2) is 0 Å². The first-order valence-electron chi connectivity index (χ1n) is 7.32. The van der Waals surface area contributed by atoms with Crippen molar-refractivity contribution in [1.29, 1.82) is 0 Å². The molecular weight excluding hydrogens is 377 g/mol. The molecule has 1 aromatic rings. The van der Waals surface area contributed by atoms with E-state index in [1.54, 1.807) is 13.8 Å². The Balaban J connectivity index is 2.14. The van der Waals surface area contributed by atoms with Gasteiger partial charge < -0.3 is 10.6 Å². The number of nitrogens with one attached hydrogen (secondary N) is 2. The summed E-state index contributed by atoms with van der Waals surface area (Å²) in [6.07, 6.45) is 0.891. The van der Waals surface area contributed by atoms with Crippen LogP contribution >= 0.6 is 34.8 Å². The number of hydrogen-bond acceptors (Lipinski definition) is 3. The van der Waals surface area contributed by atoms with Crippen LogP contribution in [0.25, 0.3) is 0 Å². The van der Waals surface area contributed by atoms with Gasteiger partial charge in [-0.05, 0) is 25.0 Å².